The third-order valence-corrected chi connectivity index (χ3v) is 12.8. The standard InChI is InChI=1S/C63H55NO6/c65-59-54-40-56(64-57(47-24-10-2-11-25-47)42-53(46-22-8-1-9-23-46)43-58(64)48-26-12-3-13-27-48)41-55(59)45-70-63(52-34-20-7-21-35-52)61(50-30-16-5-17-31-50)68-39-37-66-36-38-67-60(49-28-14-4-15-29-49)62(69-44-54)51-32-18-6-19-33-51/h1-35,40-43,60-63H,36-39,44-45H2/p+1/t60-,61?,62?,63-/m1/s1. The summed E-state index contributed by atoms with van der Waals surface area (Å²) in [7, 11) is 0. The zero-order valence-corrected chi connectivity index (χ0v) is 39.0. The number of phenolic OH excluding ortho intramolecular Hbond substituents is 1. The van der Waals surface area contributed by atoms with E-state index in [4.69, 9.17) is 23.7 Å². The lowest BCUT2D eigenvalue weighted by molar-refractivity contribution is -0.572. The summed E-state index contributed by atoms with van der Waals surface area (Å²) >= 11 is 0. The number of pyridine rings is 1. The highest BCUT2D eigenvalue weighted by atomic mass is 16.6. The predicted octanol–water partition coefficient (Wildman–Crippen LogP) is 13.7. The Balaban J connectivity index is 1.18. The normalized spacial score (nSPS) is 18.3. The van der Waals surface area contributed by atoms with Crippen LogP contribution in [0, 0.1) is 0 Å². The number of fused-ring (bicyclic) bond motifs is 2. The maximum absolute atomic E-state index is 12.7. The highest BCUT2D eigenvalue weighted by Crippen LogP contribution is 2.41. The van der Waals surface area contributed by atoms with Gasteiger partial charge in [0.05, 0.1) is 39.6 Å². The lowest BCUT2D eigenvalue weighted by atomic mass is 9.97. The number of hydrogen-bond acceptors (Lipinski definition) is 6. The van der Waals surface area contributed by atoms with Crippen molar-refractivity contribution < 1.29 is 33.4 Å². The molecule has 9 aromatic rings. The minimum atomic E-state index is -0.555. The van der Waals surface area contributed by atoms with Crippen molar-refractivity contribution in [3.8, 4) is 45.1 Å². The average molecular weight is 923 g/mol. The van der Waals surface area contributed by atoms with Crippen molar-refractivity contribution in [1.29, 1.82) is 0 Å². The number of ether oxygens (including phenoxy) is 5. The number of aromatic hydroxyl groups is 1. The molecule has 0 amide bonds. The van der Waals surface area contributed by atoms with E-state index in [2.05, 4.69) is 150 Å². The van der Waals surface area contributed by atoms with Crippen molar-refractivity contribution in [3.05, 3.63) is 270 Å². The van der Waals surface area contributed by atoms with Crippen molar-refractivity contribution in [2.75, 3.05) is 26.4 Å². The number of benzene rings is 8. The Labute approximate surface area is 410 Å². The Hall–Kier alpha value is -7.49. The lowest BCUT2D eigenvalue weighted by Gasteiger charge is -2.30. The van der Waals surface area contributed by atoms with Crippen LogP contribution in [0.25, 0.3) is 39.3 Å². The van der Waals surface area contributed by atoms with Gasteiger partial charge in [-0.05, 0) is 57.6 Å². The van der Waals surface area contributed by atoms with E-state index < -0.39 is 24.4 Å². The summed E-state index contributed by atoms with van der Waals surface area (Å²) in [5.74, 6) is 0.0928. The SMILES string of the molecule is Oc1c2cc(-[n+]3c(-c4ccccc4)cc(-c4ccccc4)cc3-c3ccccc3)cc1CO[C@H](c1ccccc1)C(c1ccccc1)OCCOCCO[C@H](c1ccccc1)C(c1ccccc1)OC2. The fourth-order valence-electron chi connectivity index (χ4n) is 9.34. The van der Waals surface area contributed by atoms with Crippen molar-refractivity contribution in [2.45, 2.75) is 37.6 Å². The molecule has 1 aliphatic rings. The summed E-state index contributed by atoms with van der Waals surface area (Å²) in [6.45, 7) is 1.43. The molecule has 0 aliphatic carbocycles. The maximum Gasteiger partial charge on any atom is 0.219 e. The molecule has 0 spiro atoms. The van der Waals surface area contributed by atoms with Crippen LogP contribution in [0.2, 0.25) is 0 Å². The molecular weight excluding hydrogens is 867 g/mol. The first-order chi connectivity index (χ1) is 34.7. The first-order valence-corrected chi connectivity index (χ1v) is 24.0. The van der Waals surface area contributed by atoms with Crippen LogP contribution in [-0.4, -0.2) is 31.5 Å². The smallest absolute Gasteiger partial charge is 0.219 e. The first-order valence-electron chi connectivity index (χ1n) is 24.0. The number of nitrogens with zero attached hydrogens (tertiary/aromatic N) is 1. The van der Waals surface area contributed by atoms with Crippen LogP contribution in [0.5, 0.6) is 5.75 Å². The summed E-state index contributed by atoms with van der Waals surface area (Å²) in [6, 6.07) is 80.7. The molecule has 4 atom stereocenters. The molecule has 2 heterocycles. The van der Waals surface area contributed by atoms with E-state index in [9.17, 15) is 5.11 Å². The first kappa shape index (κ1) is 46.2. The quantitative estimate of drug-likeness (QED) is 0.153. The summed E-state index contributed by atoms with van der Waals surface area (Å²) in [5, 5.41) is 12.7. The minimum absolute atomic E-state index is 0.0529. The van der Waals surface area contributed by atoms with Gasteiger partial charge in [0.25, 0.3) is 0 Å². The minimum Gasteiger partial charge on any atom is -0.507 e. The fourth-order valence-corrected chi connectivity index (χ4v) is 9.34. The van der Waals surface area contributed by atoms with Crippen LogP contribution < -0.4 is 4.57 Å². The molecular formula is C63H56NO6+. The molecule has 0 radical (unpaired) electrons. The molecule has 0 saturated heterocycles. The Morgan fingerprint density at radius 3 is 1.00 bits per heavy atom. The van der Waals surface area contributed by atoms with Crippen molar-refractivity contribution >= 4 is 0 Å². The van der Waals surface area contributed by atoms with Gasteiger partial charge in [-0.2, -0.15) is 4.57 Å². The molecule has 7 heteroatoms. The second kappa shape index (κ2) is 22.7. The van der Waals surface area contributed by atoms with Gasteiger partial charge in [0.2, 0.25) is 17.1 Å². The number of phenols is 1. The van der Waals surface area contributed by atoms with Gasteiger partial charge in [0.1, 0.15) is 30.2 Å². The second-order valence-corrected chi connectivity index (χ2v) is 17.4. The third-order valence-electron chi connectivity index (χ3n) is 12.8. The lowest BCUT2D eigenvalue weighted by Crippen LogP contribution is -2.37. The van der Waals surface area contributed by atoms with E-state index in [1.807, 2.05) is 91.0 Å². The van der Waals surface area contributed by atoms with Gasteiger partial charge >= 0.3 is 0 Å². The molecule has 1 aliphatic heterocycles. The monoisotopic (exact) mass is 922 g/mol. The van der Waals surface area contributed by atoms with Gasteiger partial charge in [-0.3, -0.25) is 0 Å². The molecule has 0 saturated carbocycles. The van der Waals surface area contributed by atoms with Crippen molar-refractivity contribution in [3.63, 3.8) is 0 Å². The molecule has 1 N–H and O–H groups in total. The van der Waals surface area contributed by atoms with Gasteiger partial charge in [-0.15, -0.1) is 0 Å². The molecule has 8 aromatic carbocycles. The van der Waals surface area contributed by atoms with Gasteiger partial charge in [0.15, 0.2) is 0 Å². The van der Waals surface area contributed by atoms with Gasteiger partial charge in [-0.25, -0.2) is 0 Å². The molecule has 0 fully saturated rings. The topological polar surface area (TPSA) is 70.3 Å². The van der Waals surface area contributed by atoms with Crippen molar-refractivity contribution in [1.82, 2.24) is 0 Å². The van der Waals surface area contributed by atoms with Gasteiger partial charge < -0.3 is 28.8 Å². The largest absolute Gasteiger partial charge is 0.507 e. The predicted molar refractivity (Wildman–Crippen MR) is 275 cm³/mol. The fraction of sp³-hybridized carbons (Fsp3) is 0.159. The molecule has 348 valence electrons. The molecule has 7 nitrogen and oxygen atoms in total. The van der Waals surface area contributed by atoms with E-state index in [1.165, 1.54) is 0 Å². The second-order valence-electron chi connectivity index (χ2n) is 17.4. The zero-order valence-electron chi connectivity index (χ0n) is 39.0. The molecule has 2 unspecified atom stereocenters. The van der Waals surface area contributed by atoms with E-state index in [-0.39, 0.29) is 19.0 Å². The van der Waals surface area contributed by atoms with E-state index in [0.717, 1.165) is 61.6 Å². The maximum atomic E-state index is 12.7. The Morgan fingerprint density at radius 1 is 0.329 bits per heavy atom. The summed E-state index contributed by atoms with van der Waals surface area (Å²) < 4.78 is 36.3. The summed E-state index contributed by atoms with van der Waals surface area (Å²) in [5.41, 5.74) is 12.0. The zero-order chi connectivity index (χ0) is 47.3. The Kier molecular flexibility index (Phi) is 15.0. The van der Waals surface area contributed by atoms with Crippen LogP contribution >= 0.6 is 0 Å². The molecule has 10 rings (SSSR count). The number of rotatable bonds is 8. The summed E-state index contributed by atoms with van der Waals surface area (Å²) in [4.78, 5) is 0. The molecule has 70 heavy (non-hydrogen) atoms. The van der Waals surface area contributed by atoms with Crippen LogP contribution in [0.3, 0.4) is 0 Å². The molecule has 1 aromatic heterocycles. The summed E-state index contributed by atoms with van der Waals surface area (Å²) in [6.07, 6.45) is -2.11. The van der Waals surface area contributed by atoms with Crippen LogP contribution in [0.15, 0.2) is 237 Å². The highest BCUT2D eigenvalue weighted by molar-refractivity contribution is 5.74. The molecule has 2 bridgehead atoms. The Bertz CT molecular complexity index is 2850. The third kappa shape index (κ3) is 10.9. The van der Waals surface area contributed by atoms with Gasteiger partial charge in [0, 0.05) is 46.5 Å². The van der Waals surface area contributed by atoms with E-state index in [1.54, 1.807) is 0 Å². The number of aromatic nitrogens is 1. The van der Waals surface area contributed by atoms with E-state index >= 15 is 0 Å². The van der Waals surface area contributed by atoms with E-state index in [0.29, 0.717) is 37.6 Å². The van der Waals surface area contributed by atoms with Gasteiger partial charge in [-0.1, -0.05) is 188 Å². The Morgan fingerprint density at radius 2 is 0.643 bits per heavy atom. The van der Waals surface area contributed by atoms with Crippen LogP contribution in [-0.2, 0) is 36.9 Å². The number of hydrogen-bond donors (Lipinski definition) is 1. The highest BCUT2D eigenvalue weighted by Gasteiger charge is 2.32. The average Bonchev–Trinajstić information content (AvgIpc) is 3.43. The van der Waals surface area contributed by atoms with Crippen LogP contribution in [0.1, 0.15) is 57.8 Å². The van der Waals surface area contributed by atoms with Crippen LogP contribution in [0.4, 0.5) is 0 Å². The van der Waals surface area contributed by atoms with Crippen molar-refractivity contribution in [2.24, 2.45) is 0 Å².